The molecule has 0 radical (unpaired) electrons. The maximum Gasteiger partial charge on any atom is 0.223 e. The number of nitrogens with two attached hydrogens (primary N) is 1. The number of aryl methyl sites for hydroxylation is 1. The Hall–Kier alpha value is -1.36. The van der Waals surface area contributed by atoms with Crippen LogP contribution in [0.2, 0.25) is 0 Å². The molecule has 1 aliphatic carbocycles. The largest absolute Gasteiger partial charge is 0.352 e. The third-order valence-electron chi connectivity index (χ3n) is 3.47. The molecule has 0 aromatic carbocycles. The lowest BCUT2D eigenvalue weighted by Crippen LogP contribution is -2.37. The molecule has 0 saturated heterocycles. The first kappa shape index (κ1) is 12.1. The summed E-state index contributed by atoms with van der Waals surface area (Å²) in [6.07, 6.45) is 5.64. The van der Waals surface area contributed by atoms with E-state index >= 15 is 0 Å². The summed E-state index contributed by atoms with van der Waals surface area (Å²) >= 11 is 0. The number of carbonyl (C=O) groups excluding carboxylic acids is 1. The first-order chi connectivity index (χ1) is 8.16. The van der Waals surface area contributed by atoms with E-state index in [1.807, 2.05) is 6.92 Å². The van der Waals surface area contributed by atoms with Crippen LogP contribution in [0.3, 0.4) is 0 Å². The predicted molar refractivity (Wildman–Crippen MR) is 65.1 cm³/mol. The quantitative estimate of drug-likeness (QED) is 0.727. The lowest BCUT2D eigenvalue weighted by Gasteiger charge is -2.25. The third kappa shape index (κ3) is 3.06. The van der Waals surface area contributed by atoms with Crippen molar-refractivity contribution in [3.05, 3.63) is 17.5 Å². The van der Waals surface area contributed by atoms with Crippen molar-refractivity contribution in [1.29, 1.82) is 0 Å². The van der Waals surface area contributed by atoms with Gasteiger partial charge in [-0.3, -0.25) is 9.89 Å². The first-order valence-corrected chi connectivity index (χ1v) is 6.19. The molecule has 1 aliphatic rings. The summed E-state index contributed by atoms with van der Waals surface area (Å²) in [5.74, 6) is 0.215. The Morgan fingerprint density at radius 3 is 3.12 bits per heavy atom. The SMILES string of the molecule is Cc1[nH]ncc1CNC(=O)C1CCCC(N)C1. The number of aromatic nitrogens is 2. The van der Waals surface area contributed by atoms with Crippen molar-refractivity contribution in [3.8, 4) is 0 Å². The molecule has 0 aliphatic heterocycles. The standard InChI is InChI=1S/C12H20N4O/c1-8-10(7-15-16-8)6-14-12(17)9-3-2-4-11(13)5-9/h7,9,11H,2-6,13H2,1H3,(H,14,17)(H,15,16). The zero-order valence-corrected chi connectivity index (χ0v) is 10.2. The highest BCUT2D eigenvalue weighted by Gasteiger charge is 2.25. The van der Waals surface area contributed by atoms with Crippen molar-refractivity contribution < 1.29 is 4.79 Å². The molecule has 0 bridgehead atoms. The topological polar surface area (TPSA) is 83.8 Å². The van der Waals surface area contributed by atoms with Gasteiger partial charge in [0.1, 0.15) is 0 Å². The molecule has 1 saturated carbocycles. The number of nitrogens with zero attached hydrogens (tertiary/aromatic N) is 1. The second kappa shape index (κ2) is 5.31. The van der Waals surface area contributed by atoms with Crippen molar-refractivity contribution in [2.45, 2.75) is 45.2 Å². The summed E-state index contributed by atoms with van der Waals surface area (Å²) in [6.45, 7) is 2.50. The van der Waals surface area contributed by atoms with Gasteiger partial charge < -0.3 is 11.1 Å². The first-order valence-electron chi connectivity index (χ1n) is 6.19. The highest BCUT2D eigenvalue weighted by Crippen LogP contribution is 2.23. The Kier molecular flexibility index (Phi) is 3.78. The van der Waals surface area contributed by atoms with Crippen LogP contribution in [0.15, 0.2) is 6.20 Å². The molecule has 1 aromatic heterocycles. The van der Waals surface area contributed by atoms with Gasteiger partial charge in [0.2, 0.25) is 5.91 Å². The zero-order valence-electron chi connectivity index (χ0n) is 10.2. The lowest BCUT2D eigenvalue weighted by atomic mass is 9.85. The summed E-state index contributed by atoms with van der Waals surface area (Å²) in [5, 5.41) is 9.75. The van der Waals surface area contributed by atoms with Gasteiger partial charge in [-0.2, -0.15) is 5.10 Å². The number of rotatable bonds is 3. The molecule has 5 nitrogen and oxygen atoms in total. The van der Waals surface area contributed by atoms with Gasteiger partial charge >= 0.3 is 0 Å². The monoisotopic (exact) mass is 236 g/mol. The van der Waals surface area contributed by atoms with Crippen LogP contribution >= 0.6 is 0 Å². The van der Waals surface area contributed by atoms with Crippen LogP contribution in [0.25, 0.3) is 0 Å². The van der Waals surface area contributed by atoms with Gasteiger partial charge in [-0.1, -0.05) is 6.42 Å². The van der Waals surface area contributed by atoms with Gasteiger partial charge in [0.15, 0.2) is 0 Å². The zero-order chi connectivity index (χ0) is 12.3. The van der Waals surface area contributed by atoms with E-state index in [-0.39, 0.29) is 17.9 Å². The Morgan fingerprint density at radius 2 is 2.47 bits per heavy atom. The van der Waals surface area contributed by atoms with E-state index in [9.17, 15) is 4.79 Å². The van der Waals surface area contributed by atoms with Crippen LogP contribution in [0.1, 0.15) is 36.9 Å². The second-order valence-corrected chi connectivity index (χ2v) is 4.86. The van der Waals surface area contributed by atoms with E-state index in [2.05, 4.69) is 15.5 Å². The maximum absolute atomic E-state index is 12.0. The Bertz CT molecular complexity index is 388. The number of amides is 1. The van der Waals surface area contributed by atoms with Crippen molar-refractivity contribution in [2.24, 2.45) is 11.7 Å². The van der Waals surface area contributed by atoms with E-state index in [1.165, 1.54) is 0 Å². The van der Waals surface area contributed by atoms with E-state index in [1.54, 1.807) is 6.20 Å². The van der Waals surface area contributed by atoms with Crippen LogP contribution < -0.4 is 11.1 Å². The van der Waals surface area contributed by atoms with Gasteiger partial charge in [-0.05, 0) is 26.2 Å². The van der Waals surface area contributed by atoms with Crippen molar-refractivity contribution in [1.82, 2.24) is 15.5 Å². The van der Waals surface area contributed by atoms with Crippen molar-refractivity contribution >= 4 is 5.91 Å². The van der Waals surface area contributed by atoms with Crippen LogP contribution in [-0.4, -0.2) is 22.1 Å². The molecule has 1 heterocycles. The number of carbonyl (C=O) groups is 1. The van der Waals surface area contributed by atoms with E-state index < -0.39 is 0 Å². The molecule has 1 fully saturated rings. The summed E-state index contributed by atoms with van der Waals surface area (Å²) < 4.78 is 0. The van der Waals surface area contributed by atoms with Crippen LogP contribution in [-0.2, 0) is 11.3 Å². The lowest BCUT2D eigenvalue weighted by molar-refractivity contribution is -0.126. The predicted octanol–water partition coefficient (Wildman–Crippen LogP) is 0.852. The van der Waals surface area contributed by atoms with E-state index in [4.69, 9.17) is 5.73 Å². The number of H-pyrrole nitrogens is 1. The molecule has 0 spiro atoms. The van der Waals surface area contributed by atoms with Crippen LogP contribution in [0.4, 0.5) is 0 Å². The molecular formula is C12H20N4O. The van der Waals surface area contributed by atoms with Crippen LogP contribution in [0, 0.1) is 12.8 Å². The number of hydrogen-bond donors (Lipinski definition) is 3. The summed E-state index contributed by atoms with van der Waals surface area (Å²) in [7, 11) is 0. The fourth-order valence-corrected chi connectivity index (χ4v) is 2.35. The van der Waals surface area contributed by atoms with Gasteiger partial charge in [0.25, 0.3) is 0 Å². The van der Waals surface area contributed by atoms with Gasteiger partial charge in [0, 0.05) is 29.8 Å². The molecule has 1 amide bonds. The molecule has 5 heteroatoms. The molecule has 1 aromatic rings. The highest BCUT2D eigenvalue weighted by atomic mass is 16.1. The average Bonchev–Trinajstić information content (AvgIpc) is 2.72. The fourth-order valence-electron chi connectivity index (χ4n) is 2.35. The fraction of sp³-hybridized carbons (Fsp3) is 0.667. The minimum Gasteiger partial charge on any atom is -0.352 e. The summed E-state index contributed by atoms with van der Waals surface area (Å²) in [6, 6.07) is 0.190. The highest BCUT2D eigenvalue weighted by molar-refractivity contribution is 5.78. The van der Waals surface area contributed by atoms with Gasteiger partial charge in [-0.25, -0.2) is 0 Å². The molecule has 4 N–H and O–H groups in total. The molecule has 17 heavy (non-hydrogen) atoms. The van der Waals surface area contributed by atoms with E-state index in [0.717, 1.165) is 36.9 Å². The summed E-state index contributed by atoms with van der Waals surface area (Å²) in [5.41, 5.74) is 7.93. The average molecular weight is 236 g/mol. The molecule has 2 rings (SSSR count). The number of nitrogens with one attached hydrogen (secondary N) is 2. The van der Waals surface area contributed by atoms with E-state index in [0.29, 0.717) is 6.54 Å². The Morgan fingerprint density at radius 1 is 1.65 bits per heavy atom. The Labute approximate surface area is 101 Å². The maximum atomic E-state index is 12.0. The molecule has 2 unspecified atom stereocenters. The van der Waals surface area contributed by atoms with Gasteiger partial charge in [0.05, 0.1) is 6.20 Å². The Balaban J connectivity index is 1.83. The number of aromatic amines is 1. The number of hydrogen-bond acceptors (Lipinski definition) is 3. The minimum atomic E-state index is 0.0888. The smallest absolute Gasteiger partial charge is 0.223 e. The van der Waals surface area contributed by atoms with Crippen LogP contribution in [0.5, 0.6) is 0 Å². The van der Waals surface area contributed by atoms with Crippen molar-refractivity contribution in [3.63, 3.8) is 0 Å². The third-order valence-corrected chi connectivity index (χ3v) is 3.47. The van der Waals surface area contributed by atoms with Crippen molar-refractivity contribution in [2.75, 3.05) is 0 Å². The summed E-state index contributed by atoms with van der Waals surface area (Å²) in [4.78, 5) is 12.0. The van der Waals surface area contributed by atoms with Gasteiger partial charge in [-0.15, -0.1) is 0 Å². The normalized spacial score (nSPS) is 24.6. The molecular weight excluding hydrogens is 216 g/mol. The minimum absolute atomic E-state index is 0.0888. The second-order valence-electron chi connectivity index (χ2n) is 4.86. The molecule has 2 atom stereocenters. The molecule has 94 valence electrons.